The molecule has 1 aromatic heterocycles. The number of pyridine rings is 1. The third kappa shape index (κ3) is 4.86. The molecule has 0 unspecified atom stereocenters. The van der Waals surface area contributed by atoms with E-state index in [1.807, 2.05) is 79.8 Å². The summed E-state index contributed by atoms with van der Waals surface area (Å²) in [5, 5.41) is 2.95. The zero-order valence-corrected chi connectivity index (χ0v) is 15.7. The van der Waals surface area contributed by atoms with E-state index >= 15 is 0 Å². The molecule has 1 amide bonds. The quantitative estimate of drug-likeness (QED) is 0.645. The Bertz CT molecular complexity index is 864. The van der Waals surface area contributed by atoms with Gasteiger partial charge in [-0.2, -0.15) is 0 Å². The molecule has 3 aromatic rings. The van der Waals surface area contributed by atoms with Gasteiger partial charge in [-0.25, -0.2) is 0 Å². The number of hydrogen-bond acceptors (Lipinski definition) is 4. The van der Waals surface area contributed by atoms with Crippen LogP contribution in [0.2, 0.25) is 0 Å². The number of thioether (sulfide) groups is 1. The number of nitrogens with zero attached hydrogens (tertiary/aromatic N) is 2. The molecule has 0 aliphatic carbocycles. The number of amides is 1. The van der Waals surface area contributed by atoms with Gasteiger partial charge in [-0.05, 0) is 54.1 Å². The lowest BCUT2D eigenvalue weighted by atomic mass is 10.1. The maximum absolute atomic E-state index is 12.4. The zero-order valence-electron chi connectivity index (χ0n) is 14.8. The standard InChI is InChI=1S/C21H21N3OS/c1-24(2)19-7-3-6-17(13-19)21(25)23-18-8-10-20(11-9-18)26-15-16-5-4-12-22-14-16/h3-14H,15H2,1-2H3,(H,23,25). The summed E-state index contributed by atoms with van der Waals surface area (Å²) in [5.74, 6) is 0.765. The summed E-state index contributed by atoms with van der Waals surface area (Å²) in [6.45, 7) is 0. The summed E-state index contributed by atoms with van der Waals surface area (Å²) in [5.41, 5.74) is 3.62. The number of nitrogens with one attached hydrogen (secondary N) is 1. The van der Waals surface area contributed by atoms with Gasteiger partial charge < -0.3 is 10.2 Å². The number of rotatable bonds is 6. The number of aromatic nitrogens is 1. The first-order chi connectivity index (χ1) is 12.6. The molecular formula is C21H21N3OS. The number of anilines is 2. The van der Waals surface area contributed by atoms with Gasteiger partial charge in [0.15, 0.2) is 0 Å². The fraction of sp³-hybridized carbons (Fsp3) is 0.143. The highest BCUT2D eigenvalue weighted by molar-refractivity contribution is 7.98. The van der Waals surface area contributed by atoms with Crippen LogP contribution in [0.4, 0.5) is 11.4 Å². The molecule has 132 valence electrons. The molecule has 2 aromatic carbocycles. The van der Waals surface area contributed by atoms with E-state index in [2.05, 4.69) is 16.4 Å². The molecule has 0 spiro atoms. The van der Waals surface area contributed by atoms with Gasteiger partial charge in [-0.15, -0.1) is 11.8 Å². The summed E-state index contributed by atoms with van der Waals surface area (Å²) in [4.78, 5) is 19.7. The van der Waals surface area contributed by atoms with Crippen LogP contribution in [0.25, 0.3) is 0 Å². The summed E-state index contributed by atoms with van der Waals surface area (Å²) in [7, 11) is 3.91. The van der Waals surface area contributed by atoms with E-state index in [1.165, 1.54) is 5.56 Å². The Labute approximate surface area is 158 Å². The molecule has 26 heavy (non-hydrogen) atoms. The molecule has 0 saturated heterocycles. The number of carbonyl (C=O) groups is 1. The molecule has 4 nitrogen and oxygen atoms in total. The van der Waals surface area contributed by atoms with Crippen molar-refractivity contribution < 1.29 is 4.79 Å². The molecule has 0 aliphatic rings. The van der Waals surface area contributed by atoms with Gasteiger partial charge >= 0.3 is 0 Å². The van der Waals surface area contributed by atoms with Crippen LogP contribution < -0.4 is 10.2 Å². The molecule has 0 aliphatic heterocycles. The zero-order chi connectivity index (χ0) is 18.4. The van der Waals surface area contributed by atoms with Crippen LogP contribution in [0, 0.1) is 0 Å². The molecule has 0 fully saturated rings. The highest BCUT2D eigenvalue weighted by Gasteiger charge is 2.08. The van der Waals surface area contributed by atoms with Gasteiger partial charge in [0.25, 0.3) is 5.91 Å². The molecule has 0 radical (unpaired) electrons. The predicted octanol–water partition coefficient (Wildman–Crippen LogP) is 4.69. The highest BCUT2D eigenvalue weighted by atomic mass is 32.2. The average molecular weight is 363 g/mol. The van der Waals surface area contributed by atoms with E-state index in [4.69, 9.17) is 0 Å². The van der Waals surface area contributed by atoms with Crippen molar-refractivity contribution in [3.8, 4) is 0 Å². The molecule has 0 atom stereocenters. The number of hydrogen-bond donors (Lipinski definition) is 1. The van der Waals surface area contributed by atoms with Gasteiger partial charge in [0.2, 0.25) is 0 Å². The van der Waals surface area contributed by atoms with Gasteiger partial charge in [-0.1, -0.05) is 12.1 Å². The fourth-order valence-electron chi connectivity index (χ4n) is 2.41. The van der Waals surface area contributed by atoms with Crippen molar-refractivity contribution in [2.24, 2.45) is 0 Å². The van der Waals surface area contributed by atoms with Crippen molar-refractivity contribution >= 4 is 29.0 Å². The van der Waals surface area contributed by atoms with Gasteiger partial charge in [0.05, 0.1) is 0 Å². The van der Waals surface area contributed by atoms with E-state index in [-0.39, 0.29) is 5.91 Å². The molecule has 0 bridgehead atoms. The predicted molar refractivity (Wildman–Crippen MR) is 109 cm³/mol. The largest absolute Gasteiger partial charge is 0.378 e. The third-order valence-electron chi connectivity index (χ3n) is 3.87. The Balaban J connectivity index is 1.60. The van der Waals surface area contributed by atoms with Crippen LogP contribution in [-0.4, -0.2) is 25.0 Å². The fourth-order valence-corrected chi connectivity index (χ4v) is 3.25. The van der Waals surface area contributed by atoms with E-state index < -0.39 is 0 Å². The second-order valence-electron chi connectivity index (χ2n) is 6.07. The smallest absolute Gasteiger partial charge is 0.255 e. The molecule has 3 rings (SSSR count). The topological polar surface area (TPSA) is 45.2 Å². The van der Waals surface area contributed by atoms with Crippen LogP contribution >= 0.6 is 11.8 Å². The lowest BCUT2D eigenvalue weighted by Crippen LogP contribution is -2.14. The lowest BCUT2D eigenvalue weighted by molar-refractivity contribution is 0.102. The summed E-state index contributed by atoms with van der Waals surface area (Å²) in [6.07, 6.45) is 3.66. The first-order valence-corrected chi connectivity index (χ1v) is 9.31. The van der Waals surface area contributed by atoms with E-state index in [1.54, 1.807) is 18.0 Å². The van der Waals surface area contributed by atoms with Gasteiger partial charge in [-0.3, -0.25) is 9.78 Å². The maximum atomic E-state index is 12.4. The maximum Gasteiger partial charge on any atom is 0.255 e. The van der Waals surface area contributed by atoms with Gasteiger partial charge in [0.1, 0.15) is 0 Å². The van der Waals surface area contributed by atoms with E-state index in [9.17, 15) is 4.79 Å². The van der Waals surface area contributed by atoms with Crippen LogP contribution in [0.3, 0.4) is 0 Å². The summed E-state index contributed by atoms with van der Waals surface area (Å²) < 4.78 is 0. The SMILES string of the molecule is CN(C)c1cccc(C(=O)Nc2ccc(SCc3cccnc3)cc2)c1. The monoisotopic (exact) mass is 363 g/mol. The van der Waals surface area contributed by atoms with Crippen molar-refractivity contribution in [1.29, 1.82) is 0 Å². The first-order valence-electron chi connectivity index (χ1n) is 8.32. The van der Waals surface area contributed by atoms with Crippen molar-refractivity contribution in [2.75, 3.05) is 24.3 Å². The van der Waals surface area contributed by atoms with E-state index in [0.717, 1.165) is 22.0 Å². The minimum atomic E-state index is -0.107. The van der Waals surface area contributed by atoms with E-state index in [0.29, 0.717) is 5.56 Å². The Morgan fingerprint density at radius 1 is 1.08 bits per heavy atom. The lowest BCUT2D eigenvalue weighted by Gasteiger charge is -2.13. The summed E-state index contributed by atoms with van der Waals surface area (Å²) in [6, 6.07) is 19.5. The Morgan fingerprint density at radius 2 is 1.88 bits per heavy atom. The van der Waals surface area contributed by atoms with Crippen molar-refractivity contribution in [3.05, 3.63) is 84.2 Å². The Kier molecular flexibility index (Phi) is 5.92. The van der Waals surface area contributed by atoms with Crippen LogP contribution in [0.15, 0.2) is 78.0 Å². The van der Waals surface area contributed by atoms with Gasteiger partial charge in [0, 0.05) is 54.1 Å². The van der Waals surface area contributed by atoms with Crippen molar-refractivity contribution in [1.82, 2.24) is 4.98 Å². The molecular weight excluding hydrogens is 342 g/mol. The minimum Gasteiger partial charge on any atom is -0.378 e. The van der Waals surface area contributed by atoms with Crippen LogP contribution in [0.5, 0.6) is 0 Å². The minimum absolute atomic E-state index is 0.107. The number of benzene rings is 2. The Morgan fingerprint density at radius 3 is 2.58 bits per heavy atom. The normalized spacial score (nSPS) is 10.4. The molecule has 1 heterocycles. The highest BCUT2D eigenvalue weighted by Crippen LogP contribution is 2.24. The van der Waals surface area contributed by atoms with Crippen molar-refractivity contribution in [3.63, 3.8) is 0 Å². The number of carbonyl (C=O) groups excluding carboxylic acids is 1. The Hall–Kier alpha value is -2.79. The second kappa shape index (κ2) is 8.54. The van der Waals surface area contributed by atoms with Crippen LogP contribution in [0.1, 0.15) is 15.9 Å². The molecule has 5 heteroatoms. The molecule has 0 saturated carbocycles. The molecule has 1 N–H and O–H groups in total. The van der Waals surface area contributed by atoms with Crippen LogP contribution in [-0.2, 0) is 5.75 Å². The summed E-state index contributed by atoms with van der Waals surface area (Å²) >= 11 is 1.74. The average Bonchev–Trinajstić information content (AvgIpc) is 2.68. The second-order valence-corrected chi connectivity index (χ2v) is 7.12. The third-order valence-corrected chi connectivity index (χ3v) is 4.95. The first kappa shape index (κ1) is 18.0. The van der Waals surface area contributed by atoms with Crippen molar-refractivity contribution in [2.45, 2.75) is 10.6 Å².